The summed E-state index contributed by atoms with van der Waals surface area (Å²) in [6.45, 7) is 3.05. The van der Waals surface area contributed by atoms with Crippen LogP contribution in [0.1, 0.15) is 54.1 Å². The molecular formula is C40H42N6O6S. The Kier molecular flexibility index (Phi) is 10.2. The van der Waals surface area contributed by atoms with E-state index in [9.17, 15) is 19.2 Å². The molecule has 2 atom stereocenters. The molecule has 4 amide bonds. The average Bonchev–Trinajstić information content (AvgIpc) is 3.77. The van der Waals surface area contributed by atoms with Gasteiger partial charge in [0.1, 0.15) is 30.0 Å². The van der Waals surface area contributed by atoms with Crippen LogP contribution in [0.2, 0.25) is 0 Å². The van der Waals surface area contributed by atoms with Crippen LogP contribution in [-0.4, -0.2) is 87.9 Å². The molecule has 274 valence electrons. The molecule has 5 heterocycles. The van der Waals surface area contributed by atoms with E-state index in [0.29, 0.717) is 49.9 Å². The van der Waals surface area contributed by atoms with Gasteiger partial charge in [-0.15, -0.1) is 11.8 Å². The summed E-state index contributed by atoms with van der Waals surface area (Å²) < 4.78 is 13.9. The highest BCUT2D eigenvalue weighted by Gasteiger charge is 2.40. The van der Waals surface area contributed by atoms with Crippen LogP contribution in [0.4, 0.5) is 5.82 Å². The molecule has 2 unspecified atom stereocenters. The third-order valence-corrected chi connectivity index (χ3v) is 11.7. The van der Waals surface area contributed by atoms with Crippen molar-refractivity contribution in [2.24, 2.45) is 5.92 Å². The van der Waals surface area contributed by atoms with Gasteiger partial charge >= 0.3 is 0 Å². The SMILES string of the molecule is O=C1CCC(N2Cc3c(SCCOCC(=O)N4CCC(C5CCNc6cc(-c7ccc(Oc8ccccc8)cc7)nn65)CC4)cccc3C2=O)C(=O)N1. The molecule has 2 fully saturated rings. The Bertz CT molecular complexity index is 1990. The number of rotatable bonds is 11. The lowest BCUT2D eigenvalue weighted by Crippen LogP contribution is -2.52. The van der Waals surface area contributed by atoms with Gasteiger partial charge in [0, 0.05) is 60.4 Å². The number of carbonyl (C=O) groups is 4. The summed E-state index contributed by atoms with van der Waals surface area (Å²) in [6, 6.07) is 25.1. The van der Waals surface area contributed by atoms with E-state index in [1.807, 2.05) is 71.6 Å². The van der Waals surface area contributed by atoms with E-state index < -0.39 is 11.9 Å². The minimum Gasteiger partial charge on any atom is -0.457 e. The van der Waals surface area contributed by atoms with Gasteiger partial charge in [-0.25, -0.2) is 4.68 Å². The lowest BCUT2D eigenvalue weighted by molar-refractivity contribution is -0.138. The normalized spacial score (nSPS) is 20.1. The number of imide groups is 1. The third-order valence-electron chi connectivity index (χ3n) is 10.6. The largest absolute Gasteiger partial charge is 0.457 e. The molecule has 2 N–H and O–H groups in total. The Morgan fingerprint density at radius 1 is 0.906 bits per heavy atom. The van der Waals surface area contributed by atoms with Crippen LogP contribution in [0.15, 0.2) is 83.8 Å². The third kappa shape index (κ3) is 7.54. The Hall–Kier alpha value is -5.14. The van der Waals surface area contributed by atoms with Crippen molar-refractivity contribution in [1.29, 1.82) is 0 Å². The number of thioether (sulfide) groups is 1. The van der Waals surface area contributed by atoms with E-state index in [-0.39, 0.29) is 36.8 Å². The number of benzene rings is 3. The maximum absolute atomic E-state index is 13.1. The van der Waals surface area contributed by atoms with E-state index in [4.69, 9.17) is 14.6 Å². The summed E-state index contributed by atoms with van der Waals surface area (Å²) in [5.41, 5.74) is 3.44. The van der Waals surface area contributed by atoms with Crippen LogP contribution >= 0.6 is 11.8 Å². The number of fused-ring (bicyclic) bond motifs is 2. The van der Waals surface area contributed by atoms with Gasteiger partial charge in [-0.2, -0.15) is 5.10 Å². The zero-order chi connectivity index (χ0) is 36.3. The maximum atomic E-state index is 13.1. The molecule has 4 aliphatic heterocycles. The van der Waals surface area contributed by atoms with Crippen LogP contribution < -0.4 is 15.4 Å². The molecule has 0 spiro atoms. The second kappa shape index (κ2) is 15.5. The van der Waals surface area contributed by atoms with Crippen molar-refractivity contribution in [3.63, 3.8) is 0 Å². The predicted octanol–water partition coefficient (Wildman–Crippen LogP) is 5.51. The molecule has 4 aromatic rings. The first kappa shape index (κ1) is 34.9. The number of piperidine rings is 2. The standard InChI is InChI=1S/C40H42N6O6S/c47-37-14-13-34(39(49)42-37)45-24-31-30(40(45)50)7-4-8-35(31)53-22-21-51-25-38(48)44-19-16-27(17-20-44)33-15-18-41-36-23-32(43-46(33)36)26-9-11-29(12-10-26)52-28-5-2-1-3-6-28/h1-12,23,27,33-34,41H,13-22,24-25H2,(H,42,47,49). The molecule has 0 bridgehead atoms. The van der Waals surface area contributed by atoms with Gasteiger partial charge in [0.15, 0.2) is 0 Å². The summed E-state index contributed by atoms with van der Waals surface area (Å²) in [4.78, 5) is 54.7. The van der Waals surface area contributed by atoms with Crippen LogP contribution in [0.5, 0.6) is 11.5 Å². The number of nitrogens with one attached hydrogen (secondary N) is 2. The lowest BCUT2D eigenvalue weighted by Gasteiger charge is -2.38. The van der Waals surface area contributed by atoms with Gasteiger partial charge in [-0.1, -0.05) is 24.3 Å². The fraction of sp³-hybridized carbons (Fsp3) is 0.375. The van der Waals surface area contributed by atoms with Gasteiger partial charge in [0.05, 0.1) is 18.3 Å². The maximum Gasteiger partial charge on any atom is 0.255 e. The fourth-order valence-electron chi connectivity index (χ4n) is 7.83. The van der Waals surface area contributed by atoms with E-state index in [1.54, 1.807) is 22.7 Å². The first-order valence-electron chi connectivity index (χ1n) is 18.3. The monoisotopic (exact) mass is 734 g/mol. The number of likely N-dealkylation sites (tertiary alicyclic amines) is 1. The summed E-state index contributed by atoms with van der Waals surface area (Å²) >= 11 is 1.57. The molecule has 12 nitrogen and oxygen atoms in total. The highest BCUT2D eigenvalue weighted by atomic mass is 32.2. The predicted molar refractivity (Wildman–Crippen MR) is 200 cm³/mol. The van der Waals surface area contributed by atoms with Crippen molar-refractivity contribution in [3.05, 3.63) is 90.0 Å². The number of aromatic nitrogens is 2. The topological polar surface area (TPSA) is 135 Å². The Labute approximate surface area is 312 Å². The lowest BCUT2D eigenvalue weighted by atomic mass is 9.87. The number of carbonyl (C=O) groups excluding carboxylic acids is 4. The molecule has 1 aromatic heterocycles. The molecule has 8 rings (SSSR count). The van der Waals surface area contributed by atoms with Gasteiger partial charge in [0.25, 0.3) is 5.91 Å². The number of ether oxygens (including phenoxy) is 2. The van der Waals surface area contributed by atoms with E-state index in [1.165, 1.54) is 0 Å². The van der Waals surface area contributed by atoms with Crippen LogP contribution in [0, 0.1) is 5.92 Å². The summed E-state index contributed by atoms with van der Waals surface area (Å²) in [6.07, 6.45) is 3.38. The zero-order valence-electron chi connectivity index (χ0n) is 29.4. The highest BCUT2D eigenvalue weighted by Crippen LogP contribution is 2.38. The fourth-order valence-corrected chi connectivity index (χ4v) is 8.78. The summed E-state index contributed by atoms with van der Waals surface area (Å²) in [5, 5.41) is 10.9. The van der Waals surface area contributed by atoms with E-state index in [0.717, 1.165) is 64.8 Å². The second-order valence-corrected chi connectivity index (χ2v) is 15.0. The van der Waals surface area contributed by atoms with Crippen molar-refractivity contribution in [3.8, 4) is 22.8 Å². The number of para-hydroxylation sites is 1. The number of hydrogen-bond acceptors (Lipinski definition) is 9. The molecule has 0 radical (unpaired) electrons. The van der Waals surface area contributed by atoms with Gasteiger partial charge < -0.3 is 24.6 Å². The number of anilines is 1. The molecular weight excluding hydrogens is 693 g/mol. The minimum atomic E-state index is -0.643. The molecule has 13 heteroatoms. The molecule has 0 saturated carbocycles. The summed E-state index contributed by atoms with van der Waals surface area (Å²) in [7, 11) is 0. The Morgan fingerprint density at radius 3 is 2.49 bits per heavy atom. The quantitative estimate of drug-likeness (QED) is 0.116. The molecule has 2 saturated heterocycles. The molecule has 0 aliphatic carbocycles. The van der Waals surface area contributed by atoms with Crippen molar-refractivity contribution in [1.82, 2.24) is 24.9 Å². The first-order chi connectivity index (χ1) is 25.9. The van der Waals surface area contributed by atoms with Crippen molar-refractivity contribution >= 4 is 41.2 Å². The Morgan fingerprint density at radius 2 is 1.70 bits per heavy atom. The molecule has 3 aromatic carbocycles. The van der Waals surface area contributed by atoms with E-state index in [2.05, 4.69) is 21.4 Å². The number of hydrogen-bond donors (Lipinski definition) is 2. The smallest absolute Gasteiger partial charge is 0.255 e. The van der Waals surface area contributed by atoms with Crippen LogP contribution in [0.3, 0.4) is 0 Å². The van der Waals surface area contributed by atoms with Gasteiger partial charge in [-0.05, 0) is 85.7 Å². The Balaban J connectivity index is 0.790. The number of nitrogens with zero attached hydrogens (tertiary/aromatic N) is 4. The molecule has 4 aliphatic rings. The minimum absolute atomic E-state index is 0.00611. The molecule has 53 heavy (non-hydrogen) atoms. The van der Waals surface area contributed by atoms with Crippen molar-refractivity contribution in [2.75, 3.05) is 43.9 Å². The van der Waals surface area contributed by atoms with Crippen LogP contribution in [0.25, 0.3) is 11.3 Å². The zero-order valence-corrected chi connectivity index (χ0v) is 30.2. The van der Waals surface area contributed by atoms with Gasteiger partial charge in [-0.3, -0.25) is 24.5 Å². The van der Waals surface area contributed by atoms with Gasteiger partial charge in [0.2, 0.25) is 17.7 Å². The average molecular weight is 735 g/mol. The van der Waals surface area contributed by atoms with Crippen molar-refractivity contribution < 1.29 is 28.7 Å². The van der Waals surface area contributed by atoms with Crippen molar-refractivity contribution in [2.45, 2.75) is 55.6 Å². The first-order valence-corrected chi connectivity index (χ1v) is 19.3. The number of amides is 4. The second-order valence-electron chi connectivity index (χ2n) is 13.9. The van der Waals surface area contributed by atoms with Crippen LogP contribution in [-0.2, 0) is 25.7 Å². The highest BCUT2D eigenvalue weighted by molar-refractivity contribution is 7.99. The summed E-state index contributed by atoms with van der Waals surface area (Å²) in [5.74, 6) is 2.76. The van der Waals surface area contributed by atoms with E-state index >= 15 is 0 Å².